The van der Waals surface area contributed by atoms with Crippen LogP contribution in [0.2, 0.25) is 0 Å². The largest absolute Gasteiger partial charge is 0.465 e. The van der Waals surface area contributed by atoms with Gasteiger partial charge in [0.1, 0.15) is 0 Å². The van der Waals surface area contributed by atoms with E-state index in [1.54, 1.807) is 12.1 Å². The average Bonchev–Trinajstić information content (AvgIpc) is 2.46. The lowest BCUT2D eigenvalue weighted by Gasteiger charge is -2.21. The molecule has 1 rings (SSSR count). The highest BCUT2D eigenvalue weighted by atomic mass is 32.2. The van der Waals surface area contributed by atoms with Gasteiger partial charge in [0.25, 0.3) is 10.2 Å². The molecule has 1 aromatic carbocycles. The number of nitrogens with one attached hydrogen (secondary N) is 1. The zero-order valence-corrected chi connectivity index (χ0v) is 13.7. The number of hydrogen-bond donors (Lipinski definition) is 1. The van der Waals surface area contributed by atoms with Gasteiger partial charge in [-0.1, -0.05) is 12.1 Å². The highest BCUT2D eigenvalue weighted by molar-refractivity contribution is 7.86. The van der Waals surface area contributed by atoms with Crippen molar-refractivity contribution in [1.82, 2.24) is 8.61 Å². The standard InChI is InChI=1S/C13H19N3O5S/c1-15(2)22(19,20)16(3)9-12(17)14-11-8-6-5-7-10(11)13(18)21-4/h5-8H,9H2,1-4H3,(H,14,17). The number of benzene rings is 1. The Labute approximate surface area is 129 Å². The fraction of sp³-hybridized carbons (Fsp3) is 0.385. The maximum absolute atomic E-state index is 12.0. The first-order valence-electron chi connectivity index (χ1n) is 6.31. The number of nitrogens with zero attached hydrogens (tertiary/aromatic N) is 2. The SMILES string of the molecule is COC(=O)c1ccccc1NC(=O)CN(C)S(=O)(=O)N(C)C. The number of amides is 1. The fourth-order valence-corrected chi connectivity index (χ4v) is 2.47. The van der Waals surface area contributed by atoms with Crippen LogP contribution in [0.1, 0.15) is 10.4 Å². The van der Waals surface area contributed by atoms with Gasteiger partial charge in [0, 0.05) is 21.1 Å². The van der Waals surface area contributed by atoms with Crippen molar-refractivity contribution in [1.29, 1.82) is 0 Å². The Balaban J connectivity index is 2.85. The van der Waals surface area contributed by atoms with Gasteiger partial charge in [0.15, 0.2) is 0 Å². The van der Waals surface area contributed by atoms with Crippen LogP contribution in [0.15, 0.2) is 24.3 Å². The maximum Gasteiger partial charge on any atom is 0.339 e. The van der Waals surface area contributed by atoms with Gasteiger partial charge in [-0.15, -0.1) is 0 Å². The number of esters is 1. The number of hydrogen-bond acceptors (Lipinski definition) is 5. The second kappa shape index (κ2) is 7.34. The van der Waals surface area contributed by atoms with E-state index in [2.05, 4.69) is 10.1 Å². The number of carbonyl (C=O) groups is 2. The number of para-hydroxylation sites is 1. The molecule has 0 saturated heterocycles. The number of likely N-dealkylation sites (N-methyl/N-ethyl adjacent to an activating group) is 1. The summed E-state index contributed by atoms with van der Waals surface area (Å²) in [6.07, 6.45) is 0. The lowest BCUT2D eigenvalue weighted by molar-refractivity contribution is -0.116. The van der Waals surface area contributed by atoms with Crippen molar-refractivity contribution in [3.63, 3.8) is 0 Å². The van der Waals surface area contributed by atoms with Gasteiger partial charge in [-0.3, -0.25) is 4.79 Å². The molecule has 0 bridgehead atoms. The number of rotatable bonds is 6. The summed E-state index contributed by atoms with van der Waals surface area (Å²) in [6.45, 7) is -0.379. The molecular formula is C13H19N3O5S. The number of ether oxygens (including phenoxy) is 1. The molecule has 1 N–H and O–H groups in total. The molecular weight excluding hydrogens is 310 g/mol. The van der Waals surface area contributed by atoms with E-state index < -0.39 is 22.1 Å². The molecule has 1 aromatic rings. The molecule has 8 nitrogen and oxygen atoms in total. The highest BCUT2D eigenvalue weighted by Crippen LogP contribution is 2.16. The van der Waals surface area contributed by atoms with Crippen LogP contribution in [0.3, 0.4) is 0 Å². The molecule has 0 spiro atoms. The van der Waals surface area contributed by atoms with Gasteiger partial charge in [0.2, 0.25) is 5.91 Å². The molecule has 122 valence electrons. The van der Waals surface area contributed by atoms with Crippen molar-refractivity contribution in [3.8, 4) is 0 Å². The highest BCUT2D eigenvalue weighted by Gasteiger charge is 2.23. The monoisotopic (exact) mass is 329 g/mol. The third kappa shape index (κ3) is 4.26. The summed E-state index contributed by atoms with van der Waals surface area (Å²) in [5.41, 5.74) is 0.450. The third-order valence-corrected chi connectivity index (χ3v) is 4.67. The Morgan fingerprint density at radius 1 is 1.18 bits per heavy atom. The summed E-state index contributed by atoms with van der Waals surface area (Å²) in [5.74, 6) is -1.16. The second-order valence-corrected chi connectivity index (χ2v) is 6.88. The van der Waals surface area contributed by atoms with Gasteiger partial charge in [-0.2, -0.15) is 17.0 Å². The Bertz CT molecular complexity index is 657. The van der Waals surface area contributed by atoms with E-state index >= 15 is 0 Å². The van der Waals surface area contributed by atoms with E-state index in [9.17, 15) is 18.0 Å². The smallest absolute Gasteiger partial charge is 0.339 e. The van der Waals surface area contributed by atoms with Crippen LogP contribution in [-0.4, -0.2) is 63.7 Å². The van der Waals surface area contributed by atoms with Crippen molar-refractivity contribution in [3.05, 3.63) is 29.8 Å². The van der Waals surface area contributed by atoms with E-state index in [1.165, 1.54) is 40.4 Å². The molecule has 9 heteroatoms. The molecule has 0 aliphatic heterocycles. The van der Waals surface area contributed by atoms with Crippen LogP contribution in [0.4, 0.5) is 5.69 Å². The molecule has 0 aliphatic carbocycles. The molecule has 1 amide bonds. The van der Waals surface area contributed by atoms with E-state index in [-0.39, 0.29) is 17.8 Å². The number of carbonyl (C=O) groups excluding carboxylic acids is 2. The van der Waals surface area contributed by atoms with Gasteiger partial charge < -0.3 is 10.1 Å². The van der Waals surface area contributed by atoms with Gasteiger partial charge in [-0.25, -0.2) is 4.79 Å². The topological polar surface area (TPSA) is 96.0 Å². The zero-order chi connectivity index (χ0) is 16.9. The van der Waals surface area contributed by atoms with Crippen molar-refractivity contribution in [2.24, 2.45) is 0 Å². The summed E-state index contributed by atoms with van der Waals surface area (Å²) in [6, 6.07) is 6.30. The van der Waals surface area contributed by atoms with Crippen molar-refractivity contribution < 1.29 is 22.7 Å². The second-order valence-electron chi connectivity index (χ2n) is 4.63. The van der Waals surface area contributed by atoms with Crippen molar-refractivity contribution in [2.75, 3.05) is 40.1 Å². The summed E-state index contributed by atoms with van der Waals surface area (Å²) in [4.78, 5) is 23.6. The van der Waals surface area contributed by atoms with Crippen LogP contribution in [-0.2, 0) is 19.7 Å². The van der Waals surface area contributed by atoms with Gasteiger partial charge in [-0.05, 0) is 12.1 Å². The quantitative estimate of drug-likeness (QED) is 0.750. The van der Waals surface area contributed by atoms with Crippen LogP contribution < -0.4 is 5.32 Å². The lowest BCUT2D eigenvalue weighted by Crippen LogP contribution is -2.41. The first kappa shape index (κ1) is 18.1. The Morgan fingerprint density at radius 3 is 2.32 bits per heavy atom. The molecule has 22 heavy (non-hydrogen) atoms. The number of methoxy groups -OCH3 is 1. The fourth-order valence-electron chi connectivity index (χ4n) is 1.63. The van der Waals surface area contributed by atoms with E-state index in [0.29, 0.717) is 0 Å². The molecule has 0 aromatic heterocycles. The van der Waals surface area contributed by atoms with E-state index in [0.717, 1.165) is 8.61 Å². The van der Waals surface area contributed by atoms with Crippen molar-refractivity contribution in [2.45, 2.75) is 0 Å². The first-order chi connectivity index (χ1) is 10.2. The van der Waals surface area contributed by atoms with E-state index in [4.69, 9.17) is 0 Å². The average molecular weight is 329 g/mol. The molecule has 0 unspecified atom stereocenters. The predicted octanol–water partition coefficient (Wildman–Crippen LogP) is 0.150. The molecule has 0 saturated carbocycles. The molecule has 0 fully saturated rings. The van der Waals surface area contributed by atoms with Crippen LogP contribution >= 0.6 is 0 Å². The lowest BCUT2D eigenvalue weighted by atomic mass is 10.2. The Morgan fingerprint density at radius 2 is 1.77 bits per heavy atom. The third-order valence-electron chi connectivity index (χ3n) is 2.83. The van der Waals surface area contributed by atoms with Crippen LogP contribution in [0.5, 0.6) is 0 Å². The van der Waals surface area contributed by atoms with Crippen LogP contribution in [0.25, 0.3) is 0 Å². The molecule has 0 atom stereocenters. The summed E-state index contributed by atoms with van der Waals surface area (Å²) in [7, 11) is 1.59. The Kier molecular flexibility index (Phi) is 6.03. The molecule has 0 heterocycles. The minimum Gasteiger partial charge on any atom is -0.465 e. The van der Waals surface area contributed by atoms with Crippen molar-refractivity contribution >= 4 is 27.8 Å². The Hall–Kier alpha value is -1.97. The van der Waals surface area contributed by atoms with Gasteiger partial charge >= 0.3 is 5.97 Å². The summed E-state index contributed by atoms with van der Waals surface area (Å²) in [5, 5.41) is 2.50. The normalized spacial score (nSPS) is 11.5. The minimum absolute atomic E-state index is 0.191. The zero-order valence-electron chi connectivity index (χ0n) is 12.9. The molecule has 0 aliphatic rings. The van der Waals surface area contributed by atoms with Crippen LogP contribution in [0, 0.1) is 0 Å². The summed E-state index contributed by atoms with van der Waals surface area (Å²) >= 11 is 0. The maximum atomic E-state index is 12.0. The predicted molar refractivity (Wildman–Crippen MR) is 81.6 cm³/mol. The molecule has 0 radical (unpaired) electrons. The first-order valence-corrected chi connectivity index (χ1v) is 7.70. The summed E-state index contributed by atoms with van der Waals surface area (Å²) < 4.78 is 30.2. The van der Waals surface area contributed by atoms with Gasteiger partial charge in [0.05, 0.1) is 24.9 Å². The number of anilines is 1. The van der Waals surface area contributed by atoms with E-state index in [1.807, 2.05) is 0 Å². The minimum atomic E-state index is -3.68.